The summed E-state index contributed by atoms with van der Waals surface area (Å²) in [6.45, 7) is -0.289. The molecule has 0 bridgehead atoms. The molecule has 116 valence electrons. The predicted octanol–water partition coefficient (Wildman–Crippen LogP) is 1.68. The van der Waals surface area contributed by atoms with Crippen molar-refractivity contribution in [2.24, 2.45) is 0 Å². The van der Waals surface area contributed by atoms with E-state index in [-0.39, 0.29) is 18.8 Å². The van der Waals surface area contributed by atoms with Crippen LogP contribution in [0.4, 0.5) is 17.1 Å². The number of nitro benzene ring substituents is 2. The van der Waals surface area contributed by atoms with E-state index < -0.39 is 29.0 Å². The molecule has 0 aliphatic heterocycles. The molecule has 0 fully saturated rings. The van der Waals surface area contributed by atoms with Gasteiger partial charge in [0.2, 0.25) is 0 Å². The van der Waals surface area contributed by atoms with Crippen LogP contribution in [0.15, 0.2) is 18.2 Å². The van der Waals surface area contributed by atoms with Gasteiger partial charge in [-0.15, -0.1) is 0 Å². The molecule has 0 aliphatic rings. The molecular weight excluding hydrogens is 309 g/mol. The van der Waals surface area contributed by atoms with Gasteiger partial charge in [0.15, 0.2) is 0 Å². The molecule has 1 atom stereocenters. The number of hydrogen-bond donors (Lipinski definition) is 2. The summed E-state index contributed by atoms with van der Waals surface area (Å²) >= 11 is 0. The molecule has 12 heteroatoms. The number of anilines is 1. The largest absolute Gasteiger partial charge is 0.471 e. The zero-order valence-corrected chi connectivity index (χ0v) is 11.7. The van der Waals surface area contributed by atoms with Crippen LogP contribution in [0.5, 0.6) is 0 Å². The second-order valence-electron chi connectivity index (χ2n) is 3.63. The summed E-state index contributed by atoms with van der Waals surface area (Å²) in [4.78, 5) is 28.8. The molecule has 1 rings (SSSR count). The molecule has 0 heterocycles. The quantitative estimate of drug-likeness (QED) is 0.315. The van der Waals surface area contributed by atoms with Gasteiger partial charge in [-0.3, -0.25) is 29.3 Å². The lowest BCUT2D eigenvalue weighted by molar-refractivity contribution is -0.393. The molecule has 0 saturated carbocycles. The van der Waals surface area contributed by atoms with E-state index in [4.69, 9.17) is 4.89 Å². The topological polar surface area (TPSA) is 154 Å². The van der Waals surface area contributed by atoms with Crippen molar-refractivity contribution in [2.45, 2.75) is 0 Å². The maximum absolute atomic E-state index is 11.0. The SMILES string of the molecule is COP(=O)(O)OCCNc1ccc([N+](=O)[O-])cc1[N+](=O)[O-]. The van der Waals surface area contributed by atoms with Crippen molar-refractivity contribution in [3.05, 3.63) is 38.4 Å². The minimum Gasteiger partial charge on any atom is -0.377 e. The monoisotopic (exact) mass is 321 g/mol. The van der Waals surface area contributed by atoms with Crippen LogP contribution in [0.3, 0.4) is 0 Å². The molecule has 0 saturated heterocycles. The van der Waals surface area contributed by atoms with Gasteiger partial charge in [0, 0.05) is 19.7 Å². The van der Waals surface area contributed by atoms with Crippen molar-refractivity contribution in [3.63, 3.8) is 0 Å². The Balaban J connectivity index is 2.73. The summed E-state index contributed by atoms with van der Waals surface area (Å²) in [5, 5.41) is 24.0. The number of non-ortho nitro benzene ring substituents is 1. The Morgan fingerprint density at radius 1 is 1.33 bits per heavy atom. The lowest BCUT2D eigenvalue weighted by atomic mass is 10.2. The second kappa shape index (κ2) is 7.09. The number of nitro groups is 2. The van der Waals surface area contributed by atoms with E-state index in [0.29, 0.717) is 0 Å². The lowest BCUT2D eigenvalue weighted by Crippen LogP contribution is -2.10. The van der Waals surface area contributed by atoms with Gasteiger partial charge in [0.1, 0.15) is 5.69 Å². The fourth-order valence-corrected chi connectivity index (χ4v) is 1.76. The zero-order valence-electron chi connectivity index (χ0n) is 10.8. The van der Waals surface area contributed by atoms with Crippen LogP contribution in [0.25, 0.3) is 0 Å². The highest BCUT2D eigenvalue weighted by Gasteiger charge is 2.20. The summed E-state index contributed by atoms with van der Waals surface area (Å²) in [6, 6.07) is 3.09. The van der Waals surface area contributed by atoms with E-state index in [9.17, 15) is 24.8 Å². The number of hydrogen-bond acceptors (Lipinski definition) is 8. The Hall–Kier alpha value is -2.07. The standard InChI is InChI=1S/C9H12N3O8P/c1-19-21(17,18)20-5-4-10-8-3-2-7(11(13)14)6-9(8)12(15)16/h2-3,6,10H,4-5H2,1H3,(H,17,18). The molecule has 0 radical (unpaired) electrons. The average Bonchev–Trinajstić information content (AvgIpc) is 2.43. The molecular formula is C9H12N3O8P. The van der Waals surface area contributed by atoms with Crippen LogP contribution >= 0.6 is 7.82 Å². The first kappa shape index (κ1) is 17.0. The Kier molecular flexibility index (Phi) is 5.73. The molecule has 0 spiro atoms. The van der Waals surface area contributed by atoms with Crippen molar-refractivity contribution in [1.82, 2.24) is 0 Å². The van der Waals surface area contributed by atoms with Gasteiger partial charge in [-0.1, -0.05) is 0 Å². The number of benzene rings is 1. The highest BCUT2D eigenvalue weighted by molar-refractivity contribution is 7.47. The highest BCUT2D eigenvalue weighted by atomic mass is 31.2. The maximum Gasteiger partial charge on any atom is 0.471 e. The van der Waals surface area contributed by atoms with Crippen molar-refractivity contribution < 1.29 is 28.4 Å². The Morgan fingerprint density at radius 3 is 2.52 bits per heavy atom. The second-order valence-corrected chi connectivity index (χ2v) is 5.19. The Labute approximate surface area is 118 Å². The molecule has 0 amide bonds. The van der Waals surface area contributed by atoms with E-state index in [1.807, 2.05) is 0 Å². The molecule has 2 N–H and O–H groups in total. The molecule has 0 aromatic heterocycles. The van der Waals surface area contributed by atoms with Gasteiger partial charge in [-0.05, 0) is 6.07 Å². The Morgan fingerprint density at radius 2 is 2.00 bits per heavy atom. The lowest BCUT2D eigenvalue weighted by Gasteiger charge is -2.10. The van der Waals surface area contributed by atoms with E-state index in [1.165, 1.54) is 6.07 Å². The minimum atomic E-state index is -4.11. The molecule has 21 heavy (non-hydrogen) atoms. The molecule has 1 aromatic rings. The van der Waals surface area contributed by atoms with Gasteiger partial charge in [-0.25, -0.2) is 4.57 Å². The average molecular weight is 321 g/mol. The summed E-state index contributed by atoms with van der Waals surface area (Å²) in [5.74, 6) is 0. The number of nitrogens with one attached hydrogen (secondary N) is 1. The van der Waals surface area contributed by atoms with Crippen LogP contribution < -0.4 is 5.32 Å². The van der Waals surface area contributed by atoms with Gasteiger partial charge in [0.25, 0.3) is 11.4 Å². The molecule has 1 unspecified atom stereocenters. The fraction of sp³-hybridized carbons (Fsp3) is 0.333. The van der Waals surface area contributed by atoms with Crippen LogP contribution in [0.2, 0.25) is 0 Å². The summed E-state index contributed by atoms with van der Waals surface area (Å²) < 4.78 is 19.7. The fourth-order valence-electron chi connectivity index (χ4n) is 1.33. The van der Waals surface area contributed by atoms with Crippen LogP contribution in [-0.2, 0) is 13.6 Å². The van der Waals surface area contributed by atoms with Gasteiger partial charge < -0.3 is 10.2 Å². The number of phosphoric ester groups is 1. The third-order valence-electron chi connectivity index (χ3n) is 2.29. The third kappa shape index (κ3) is 5.08. The van der Waals surface area contributed by atoms with Crippen molar-refractivity contribution in [3.8, 4) is 0 Å². The van der Waals surface area contributed by atoms with Crippen LogP contribution in [0, 0.1) is 20.2 Å². The van der Waals surface area contributed by atoms with E-state index in [1.54, 1.807) is 0 Å². The number of phosphoric acid groups is 1. The highest BCUT2D eigenvalue weighted by Crippen LogP contribution is 2.41. The zero-order chi connectivity index (χ0) is 16.0. The van der Waals surface area contributed by atoms with Crippen LogP contribution in [-0.4, -0.2) is 35.0 Å². The summed E-state index contributed by atoms with van der Waals surface area (Å²) in [7, 11) is -3.11. The molecule has 11 nitrogen and oxygen atoms in total. The van der Waals surface area contributed by atoms with Crippen molar-refractivity contribution in [1.29, 1.82) is 0 Å². The van der Waals surface area contributed by atoms with Gasteiger partial charge in [0.05, 0.1) is 22.5 Å². The predicted molar refractivity (Wildman–Crippen MR) is 71.0 cm³/mol. The Bertz CT molecular complexity index is 592. The van der Waals surface area contributed by atoms with E-state index >= 15 is 0 Å². The van der Waals surface area contributed by atoms with Crippen molar-refractivity contribution in [2.75, 3.05) is 25.6 Å². The maximum atomic E-state index is 11.0. The first-order chi connectivity index (χ1) is 9.76. The first-order valence-electron chi connectivity index (χ1n) is 5.46. The third-order valence-corrected chi connectivity index (χ3v) is 3.26. The number of rotatable bonds is 8. The van der Waals surface area contributed by atoms with Crippen LogP contribution in [0.1, 0.15) is 0 Å². The number of nitrogens with zero attached hydrogens (tertiary/aromatic N) is 2. The minimum absolute atomic E-state index is 0.0272. The van der Waals surface area contributed by atoms with Crippen molar-refractivity contribution >= 4 is 24.9 Å². The first-order valence-corrected chi connectivity index (χ1v) is 6.96. The molecule has 1 aromatic carbocycles. The molecule has 0 aliphatic carbocycles. The van der Waals surface area contributed by atoms with Gasteiger partial charge >= 0.3 is 7.82 Å². The summed E-state index contributed by atoms with van der Waals surface area (Å²) in [5.41, 5.74) is -0.870. The van der Waals surface area contributed by atoms with E-state index in [2.05, 4.69) is 14.4 Å². The van der Waals surface area contributed by atoms with E-state index in [0.717, 1.165) is 19.2 Å². The summed E-state index contributed by atoms with van der Waals surface area (Å²) in [6.07, 6.45) is 0. The van der Waals surface area contributed by atoms with Gasteiger partial charge in [-0.2, -0.15) is 0 Å². The normalized spacial score (nSPS) is 13.4. The smallest absolute Gasteiger partial charge is 0.377 e.